The maximum Gasteiger partial charge on any atom is 0.255 e. The Labute approximate surface area is 131 Å². The molecule has 0 bridgehead atoms. The Morgan fingerprint density at radius 1 is 1.00 bits per heavy atom. The summed E-state index contributed by atoms with van der Waals surface area (Å²) in [5, 5.41) is 4.87. The Balaban J connectivity index is 2.26. The molecule has 0 aliphatic carbocycles. The molecule has 0 saturated heterocycles. The van der Waals surface area contributed by atoms with E-state index in [1.165, 1.54) is 32.2 Å². The van der Waals surface area contributed by atoms with Crippen molar-refractivity contribution in [3.05, 3.63) is 53.6 Å². The van der Waals surface area contributed by atoms with E-state index < -0.39 is 17.5 Å². The number of carbonyl (C=O) groups is 2. The average molecular weight is 320 g/mol. The van der Waals surface area contributed by atoms with Crippen molar-refractivity contribution in [3.8, 4) is 5.75 Å². The highest BCUT2D eigenvalue weighted by Gasteiger charge is 2.13. The summed E-state index contributed by atoms with van der Waals surface area (Å²) in [6.45, 7) is 1.32. The number of ether oxygens (including phenoxy) is 1. The second-order valence-corrected chi connectivity index (χ2v) is 4.67. The minimum Gasteiger partial charge on any atom is -0.495 e. The van der Waals surface area contributed by atoms with Crippen molar-refractivity contribution >= 4 is 23.2 Å². The van der Waals surface area contributed by atoms with Crippen LogP contribution in [0.4, 0.5) is 20.2 Å². The normalized spacial score (nSPS) is 10.1. The van der Waals surface area contributed by atoms with E-state index in [9.17, 15) is 18.4 Å². The lowest BCUT2D eigenvalue weighted by Gasteiger charge is -2.11. The van der Waals surface area contributed by atoms with Crippen LogP contribution in [0, 0.1) is 11.6 Å². The van der Waals surface area contributed by atoms with Crippen molar-refractivity contribution < 1.29 is 23.1 Å². The highest BCUT2D eigenvalue weighted by molar-refractivity contribution is 6.05. The molecular weight excluding hydrogens is 306 g/mol. The first-order chi connectivity index (χ1) is 10.9. The quantitative estimate of drug-likeness (QED) is 0.909. The first-order valence-corrected chi connectivity index (χ1v) is 6.62. The van der Waals surface area contributed by atoms with E-state index in [-0.39, 0.29) is 17.2 Å². The predicted molar refractivity (Wildman–Crippen MR) is 81.6 cm³/mol. The van der Waals surface area contributed by atoms with Gasteiger partial charge in [0.1, 0.15) is 17.4 Å². The van der Waals surface area contributed by atoms with Crippen molar-refractivity contribution in [1.82, 2.24) is 0 Å². The molecule has 5 nitrogen and oxygen atoms in total. The molecule has 0 spiro atoms. The zero-order chi connectivity index (χ0) is 17.0. The largest absolute Gasteiger partial charge is 0.495 e. The number of anilines is 2. The molecule has 0 fully saturated rings. The summed E-state index contributed by atoms with van der Waals surface area (Å²) in [7, 11) is 1.42. The number of carbonyl (C=O) groups excluding carboxylic acids is 2. The van der Waals surface area contributed by atoms with E-state index in [1.807, 2.05) is 0 Å². The smallest absolute Gasteiger partial charge is 0.255 e. The third kappa shape index (κ3) is 4.03. The number of benzene rings is 2. The van der Waals surface area contributed by atoms with Crippen molar-refractivity contribution in [1.29, 1.82) is 0 Å². The Morgan fingerprint density at radius 2 is 1.74 bits per heavy atom. The molecule has 23 heavy (non-hydrogen) atoms. The molecule has 0 radical (unpaired) electrons. The zero-order valence-electron chi connectivity index (χ0n) is 12.4. The number of hydrogen-bond donors (Lipinski definition) is 2. The third-order valence-corrected chi connectivity index (χ3v) is 2.95. The van der Waals surface area contributed by atoms with E-state index in [0.29, 0.717) is 17.5 Å². The number of hydrogen-bond acceptors (Lipinski definition) is 3. The fourth-order valence-electron chi connectivity index (χ4n) is 1.92. The second kappa shape index (κ2) is 6.87. The summed E-state index contributed by atoms with van der Waals surface area (Å²) in [6.07, 6.45) is 0. The van der Waals surface area contributed by atoms with E-state index in [1.54, 1.807) is 0 Å². The summed E-state index contributed by atoms with van der Waals surface area (Å²) in [6, 6.07) is 7.20. The van der Waals surface area contributed by atoms with Gasteiger partial charge < -0.3 is 15.4 Å². The minimum atomic E-state index is -0.881. The molecule has 2 amide bonds. The van der Waals surface area contributed by atoms with Gasteiger partial charge in [-0.15, -0.1) is 0 Å². The van der Waals surface area contributed by atoms with Crippen molar-refractivity contribution in [3.63, 3.8) is 0 Å². The number of methoxy groups -OCH3 is 1. The van der Waals surface area contributed by atoms with Gasteiger partial charge >= 0.3 is 0 Å². The molecule has 2 N–H and O–H groups in total. The lowest BCUT2D eigenvalue weighted by molar-refractivity contribution is -0.114. The van der Waals surface area contributed by atoms with Crippen LogP contribution in [0.1, 0.15) is 17.3 Å². The van der Waals surface area contributed by atoms with E-state index in [0.717, 1.165) is 12.1 Å². The van der Waals surface area contributed by atoms with Gasteiger partial charge in [0.2, 0.25) is 5.91 Å². The third-order valence-electron chi connectivity index (χ3n) is 2.95. The molecule has 2 aromatic carbocycles. The molecule has 0 heterocycles. The van der Waals surface area contributed by atoms with Crippen LogP contribution in [0.2, 0.25) is 0 Å². The Bertz CT molecular complexity index is 763. The molecule has 0 atom stereocenters. The molecule has 7 heteroatoms. The van der Waals surface area contributed by atoms with Gasteiger partial charge in [-0.05, 0) is 30.3 Å². The van der Waals surface area contributed by atoms with Gasteiger partial charge in [-0.2, -0.15) is 0 Å². The van der Waals surface area contributed by atoms with Crippen LogP contribution in [-0.2, 0) is 4.79 Å². The van der Waals surface area contributed by atoms with Gasteiger partial charge in [-0.1, -0.05) is 0 Å². The molecule has 2 aromatic rings. The molecule has 0 aliphatic heterocycles. The van der Waals surface area contributed by atoms with E-state index in [2.05, 4.69) is 10.6 Å². The van der Waals surface area contributed by atoms with Crippen molar-refractivity contribution in [2.75, 3.05) is 17.7 Å². The second-order valence-electron chi connectivity index (χ2n) is 4.67. The van der Waals surface area contributed by atoms with Crippen molar-refractivity contribution in [2.45, 2.75) is 6.92 Å². The molecule has 2 rings (SSSR count). The fraction of sp³-hybridized carbons (Fsp3) is 0.125. The molecule has 0 aliphatic rings. The maximum atomic E-state index is 13.6. The van der Waals surface area contributed by atoms with Gasteiger partial charge in [0.25, 0.3) is 5.91 Å². The molecule has 0 unspecified atom stereocenters. The highest BCUT2D eigenvalue weighted by Crippen LogP contribution is 2.26. The first-order valence-electron chi connectivity index (χ1n) is 6.62. The lowest BCUT2D eigenvalue weighted by Crippen LogP contribution is -2.14. The Hall–Kier alpha value is -2.96. The molecule has 0 saturated carbocycles. The minimum absolute atomic E-state index is 0.145. The number of amides is 2. The predicted octanol–water partition coefficient (Wildman–Crippen LogP) is 3.18. The fourth-order valence-corrected chi connectivity index (χ4v) is 1.92. The first kappa shape index (κ1) is 16.4. The number of halogens is 2. The van der Waals surface area contributed by atoms with E-state index >= 15 is 0 Å². The highest BCUT2D eigenvalue weighted by atomic mass is 19.1. The van der Waals surface area contributed by atoms with Crippen LogP contribution in [0.5, 0.6) is 5.75 Å². The van der Waals surface area contributed by atoms with Crippen LogP contribution in [-0.4, -0.2) is 18.9 Å². The van der Waals surface area contributed by atoms with Crippen LogP contribution >= 0.6 is 0 Å². The van der Waals surface area contributed by atoms with Crippen LogP contribution in [0.15, 0.2) is 36.4 Å². The SMILES string of the molecule is COc1ccc(C(=O)Nc2ccc(F)cc2F)cc1NC(C)=O. The standard InChI is InChI=1S/C16H14F2N2O3/c1-9(21)19-14-7-10(3-6-15(14)23-2)16(22)20-13-5-4-11(17)8-12(13)18/h3-8H,1-2H3,(H,19,21)(H,20,22). The summed E-state index contributed by atoms with van der Waals surface area (Å²) in [4.78, 5) is 23.3. The molecular formula is C16H14F2N2O3. The lowest BCUT2D eigenvalue weighted by atomic mass is 10.1. The van der Waals surface area contributed by atoms with Gasteiger partial charge in [0, 0.05) is 18.6 Å². The molecule has 120 valence electrons. The molecule has 0 aromatic heterocycles. The Morgan fingerprint density at radius 3 is 2.35 bits per heavy atom. The van der Waals surface area contributed by atoms with Gasteiger partial charge in [0.05, 0.1) is 18.5 Å². The summed E-state index contributed by atoms with van der Waals surface area (Å²) in [5.41, 5.74) is 0.346. The number of nitrogens with one attached hydrogen (secondary N) is 2. The number of rotatable bonds is 4. The van der Waals surface area contributed by atoms with Gasteiger partial charge in [-0.3, -0.25) is 9.59 Å². The van der Waals surface area contributed by atoms with Gasteiger partial charge in [0.15, 0.2) is 0 Å². The van der Waals surface area contributed by atoms with E-state index in [4.69, 9.17) is 4.74 Å². The summed E-state index contributed by atoms with van der Waals surface area (Å²) < 4.78 is 31.5. The topological polar surface area (TPSA) is 67.4 Å². The van der Waals surface area contributed by atoms with Crippen LogP contribution in [0.3, 0.4) is 0 Å². The monoisotopic (exact) mass is 320 g/mol. The van der Waals surface area contributed by atoms with Crippen molar-refractivity contribution in [2.24, 2.45) is 0 Å². The summed E-state index contributed by atoms with van der Waals surface area (Å²) >= 11 is 0. The maximum absolute atomic E-state index is 13.6. The Kier molecular flexibility index (Phi) is 4.90. The average Bonchev–Trinajstić information content (AvgIpc) is 2.49. The van der Waals surface area contributed by atoms with Crippen LogP contribution < -0.4 is 15.4 Å². The van der Waals surface area contributed by atoms with Crippen LogP contribution in [0.25, 0.3) is 0 Å². The zero-order valence-corrected chi connectivity index (χ0v) is 12.4. The van der Waals surface area contributed by atoms with Gasteiger partial charge in [-0.25, -0.2) is 8.78 Å². The summed E-state index contributed by atoms with van der Waals surface area (Å²) in [5.74, 6) is -2.17.